The standard InChI is InChI=1S/C10H19N3/c1-3-9(8-11)4-5-10-6-7-12-13(10)2/h6-7,9H,3-5,8,11H2,1-2H3. The Labute approximate surface area is 79.9 Å². The van der Waals surface area contributed by atoms with Crippen molar-refractivity contribution in [2.45, 2.75) is 26.2 Å². The molecule has 3 heteroatoms. The second-order valence-electron chi connectivity index (χ2n) is 3.49. The van der Waals surface area contributed by atoms with Crippen LogP contribution in [0, 0.1) is 5.92 Å². The van der Waals surface area contributed by atoms with Gasteiger partial charge in [-0.2, -0.15) is 5.10 Å². The third-order valence-corrected chi connectivity index (χ3v) is 2.64. The maximum Gasteiger partial charge on any atom is 0.0492 e. The number of aromatic nitrogens is 2. The molecule has 1 heterocycles. The minimum absolute atomic E-state index is 0.662. The van der Waals surface area contributed by atoms with E-state index in [1.54, 1.807) is 0 Å². The van der Waals surface area contributed by atoms with Crippen LogP contribution in [-0.4, -0.2) is 16.3 Å². The van der Waals surface area contributed by atoms with Crippen molar-refractivity contribution in [3.63, 3.8) is 0 Å². The molecule has 0 aliphatic rings. The molecule has 1 unspecified atom stereocenters. The number of aryl methyl sites for hydroxylation is 2. The zero-order chi connectivity index (χ0) is 9.68. The van der Waals surface area contributed by atoms with Crippen molar-refractivity contribution in [3.8, 4) is 0 Å². The molecule has 0 amide bonds. The van der Waals surface area contributed by atoms with Gasteiger partial charge in [-0.25, -0.2) is 0 Å². The smallest absolute Gasteiger partial charge is 0.0492 e. The molecule has 1 atom stereocenters. The summed E-state index contributed by atoms with van der Waals surface area (Å²) in [6.45, 7) is 3.00. The first kappa shape index (κ1) is 10.3. The minimum Gasteiger partial charge on any atom is -0.330 e. The molecule has 1 aromatic rings. The molecule has 0 radical (unpaired) electrons. The number of rotatable bonds is 5. The van der Waals surface area contributed by atoms with E-state index in [2.05, 4.69) is 18.1 Å². The van der Waals surface area contributed by atoms with Gasteiger partial charge in [-0.3, -0.25) is 4.68 Å². The number of hydrogen-bond donors (Lipinski definition) is 1. The predicted octanol–water partition coefficient (Wildman–Crippen LogP) is 1.34. The molecule has 0 saturated heterocycles. The minimum atomic E-state index is 0.662. The van der Waals surface area contributed by atoms with Gasteiger partial charge in [-0.15, -0.1) is 0 Å². The van der Waals surface area contributed by atoms with Crippen LogP contribution >= 0.6 is 0 Å². The summed E-state index contributed by atoms with van der Waals surface area (Å²) in [5.41, 5.74) is 6.94. The monoisotopic (exact) mass is 181 g/mol. The van der Waals surface area contributed by atoms with Gasteiger partial charge in [0.1, 0.15) is 0 Å². The van der Waals surface area contributed by atoms with E-state index in [1.165, 1.54) is 18.5 Å². The van der Waals surface area contributed by atoms with E-state index >= 15 is 0 Å². The highest BCUT2D eigenvalue weighted by Gasteiger charge is 2.05. The zero-order valence-electron chi connectivity index (χ0n) is 8.53. The molecule has 0 bridgehead atoms. The lowest BCUT2D eigenvalue weighted by Gasteiger charge is -2.11. The Morgan fingerprint density at radius 3 is 2.85 bits per heavy atom. The molecule has 1 rings (SSSR count). The molecule has 0 aliphatic carbocycles. The third-order valence-electron chi connectivity index (χ3n) is 2.64. The Morgan fingerprint density at radius 2 is 2.38 bits per heavy atom. The van der Waals surface area contributed by atoms with E-state index in [4.69, 9.17) is 5.73 Å². The average molecular weight is 181 g/mol. The van der Waals surface area contributed by atoms with Crippen molar-refractivity contribution in [1.82, 2.24) is 9.78 Å². The van der Waals surface area contributed by atoms with Crippen molar-refractivity contribution < 1.29 is 0 Å². The SMILES string of the molecule is CCC(CN)CCc1ccnn1C. The first-order valence-electron chi connectivity index (χ1n) is 4.94. The van der Waals surface area contributed by atoms with Gasteiger partial charge in [-0.1, -0.05) is 13.3 Å². The molecule has 13 heavy (non-hydrogen) atoms. The lowest BCUT2D eigenvalue weighted by molar-refractivity contribution is 0.473. The van der Waals surface area contributed by atoms with Crippen LogP contribution in [-0.2, 0) is 13.5 Å². The van der Waals surface area contributed by atoms with Crippen LogP contribution in [0.2, 0.25) is 0 Å². The van der Waals surface area contributed by atoms with Crippen molar-refractivity contribution in [2.24, 2.45) is 18.7 Å². The second kappa shape index (κ2) is 5.02. The number of hydrogen-bond acceptors (Lipinski definition) is 2. The average Bonchev–Trinajstić information content (AvgIpc) is 2.54. The molecular weight excluding hydrogens is 162 g/mol. The molecule has 2 N–H and O–H groups in total. The van der Waals surface area contributed by atoms with Crippen molar-refractivity contribution in [3.05, 3.63) is 18.0 Å². The van der Waals surface area contributed by atoms with Crippen LogP contribution in [0.25, 0.3) is 0 Å². The Hall–Kier alpha value is -0.830. The van der Waals surface area contributed by atoms with Gasteiger partial charge < -0.3 is 5.73 Å². The Bertz CT molecular complexity index is 238. The molecular formula is C10H19N3. The fourth-order valence-electron chi connectivity index (χ4n) is 1.49. The maximum absolute atomic E-state index is 5.64. The van der Waals surface area contributed by atoms with E-state index < -0.39 is 0 Å². The van der Waals surface area contributed by atoms with Gasteiger partial charge in [0.2, 0.25) is 0 Å². The summed E-state index contributed by atoms with van der Waals surface area (Å²) in [6, 6.07) is 2.07. The molecule has 3 nitrogen and oxygen atoms in total. The lowest BCUT2D eigenvalue weighted by Crippen LogP contribution is -2.14. The van der Waals surface area contributed by atoms with Crippen molar-refractivity contribution in [2.75, 3.05) is 6.54 Å². The van der Waals surface area contributed by atoms with Crippen molar-refractivity contribution in [1.29, 1.82) is 0 Å². The van der Waals surface area contributed by atoms with E-state index in [1.807, 2.05) is 17.9 Å². The summed E-state index contributed by atoms with van der Waals surface area (Å²) in [5, 5.41) is 4.13. The van der Waals surface area contributed by atoms with Gasteiger partial charge in [0.05, 0.1) is 0 Å². The van der Waals surface area contributed by atoms with E-state index in [0.717, 1.165) is 13.0 Å². The van der Waals surface area contributed by atoms with Crippen LogP contribution in [0.5, 0.6) is 0 Å². The van der Waals surface area contributed by atoms with Gasteiger partial charge in [-0.05, 0) is 31.4 Å². The Kier molecular flexibility index (Phi) is 3.96. The fourth-order valence-corrected chi connectivity index (χ4v) is 1.49. The zero-order valence-corrected chi connectivity index (χ0v) is 8.53. The fraction of sp³-hybridized carbons (Fsp3) is 0.700. The quantitative estimate of drug-likeness (QED) is 0.745. The summed E-state index contributed by atoms with van der Waals surface area (Å²) >= 11 is 0. The Morgan fingerprint density at radius 1 is 1.62 bits per heavy atom. The molecule has 0 saturated carbocycles. The highest BCUT2D eigenvalue weighted by molar-refractivity contribution is 4.99. The molecule has 0 spiro atoms. The summed E-state index contributed by atoms with van der Waals surface area (Å²) in [6.07, 6.45) is 5.28. The first-order chi connectivity index (χ1) is 6.27. The summed E-state index contributed by atoms with van der Waals surface area (Å²) in [5.74, 6) is 0.662. The number of nitrogens with two attached hydrogens (primary N) is 1. The van der Waals surface area contributed by atoms with Crippen LogP contribution in [0.3, 0.4) is 0 Å². The summed E-state index contributed by atoms with van der Waals surface area (Å²) < 4.78 is 1.93. The molecule has 0 aliphatic heterocycles. The van der Waals surface area contributed by atoms with E-state index in [0.29, 0.717) is 5.92 Å². The highest BCUT2D eigenvalue weighted by atomic mass is 15.2. The predicted molar refractivity (Wildman–Crippen MR) is 54.4 cm³/mol. The van der Waals surface area contributed by atoms with Gasteiger partial charge in [0.25, 0.3) is 0 Å². The lowest BCUT2D eigenvalue weighted by atomic mass is 9.99. The summed E-state index contributed by atoms with van der Waals surface area (Å²) in [7, 11) is 1.98. The molecule has 74 valence electrons. The van der Waals surface area contributed by atoms with E-state index in [-0.39, 0.29) is 0 Å². The van der Waals surface area contributed by atoms with Crippen LogP contribution in [0.15, 0.2) is 12.3 Å². The van der Waals surface area contributed by atoms with Gasteiger partial charge in [0, 0.05) is 18.9 Å². The number of nitrogens with zero attached hydrogens (tertiary/aromatic N) is 2. The largest absolute Gasteiger partial charge is 0.330 e. The van der Waals surface area contributed by atoms with Crippen molar-refractivity contribution >= 4 is 0 Å². The maximum atomic E-state index is 5.64. The third kappa shape index (κ3) is 2.84. The highest BCUT2D eigenvalue weighted by Crippen LogP contribution is 2.10. The van der Waals surface area contributed by atoms with E-state index in [9.17, 15) is 0 Å². The topological polar surface area (TPSA) is 43.8 Å². The van der Waals surface area contributed by atoms with Gasteiger partial charge in [0.15, 0.2) is 0 Å². The van der Waals surface area contributed by atoms with Crippen LogP contribution in [0.4, 0.5) is 0 Å². The van der Waals surface area contributed by atoms with Gasteiger partial charge >= 0.3 is 0 Å². The molecule has 0 fully saturated rings. The normalized spacial score (nSPS) is 13.2. The van der Waals surface area contributed by atoms with Crippen LogP contribution in [0.1, 0.15) is 25.5 Å². The Balaban J connectivity index is 2.38. The second-order valence-corrected chi connectivity index (χ2v) is 3.49. The van der Waals surface area contributed by atoms with Crippen LogP contribution < -0.4 is 5.73 Å². The molecule has 1 aromatic heterocycles. The summed E-state index contributed by atoms with van der Waals surface area (Å²) in [4.78, 5) is 0. The first-order valence-corrected chi connectivity index (χ1v) is 4.94. The molecule has 0 aromatic carbocycles.